The van der Waals surface area contributed by atoms with E-state index in [4.69, 9.17) is 0 Å². The highest BCUT2D eigenvalue weighted by atomic mass is 79.9. The second-order valence-electron chi connectivity index (χ2n) is 4.53. The molecule has 1 amide bonds. The van der Waals surface area contributed by atoms with Gasteiger partial charge < -0.3 is 10.2 Å². The van der Waals surface area contributed by atoms with Gasteiger partial charge in [0.1, 0.15) is 6.17 Å². The minimum atomic E-state index is -0.155. The van der Waals surface area contributed by atoms with Gasteiger partial charge in [-0.05, 0) is 18.2 Å². The molecule has 2 aromatic carbocycles. The van der Waals surface area contributed by atoms with Crippen LogP contribution in [0.3, 0.4) is 0 Å². The normalized spacial score (nSPS) is 17.9. The number of nitrogens with one attached hydrogen (secondary N) is 1. The molecule has 0 bridgehead atoms. The Bertz CT molecular complexity index is 642. The van der Waals surface area contributed by atoms with Gasteiger partial charge in [0.15, 0.2) is 0 Å². The lowest BCUT2D eigenvalue weighted by molar-refractivity contribution is 0.0928. The molecule has 0 spiro atoms. The summed E-state index contributed by atoms with van der Waals surface area (Å²) in [5.74, 6) is -0.0329. The lowest BCUT2D eigenvalue weighted by Gasteiger charge is -2.36. The van der Waals surface area contributed by atoms with E-state index in [0.29, 0.717) is 5.56 Å². The zero-order chi connectivity index (χ0) is 13.4. The summed E-state index contributed by atoms with van der Waals surface area (Å²) >= 11 is 3.54. The largest absolute Gasteiger partial charge is 0.350 e. The van der Waals surface area contributed by atoms with E-state index >= 15 is 0 Å². The summed E-state index contributed by atoms with van der Waals surface area (Å²) in [5, 5.41) is 3.04. The van der Waals surface area contributed by atoms with Crippen LogP contribution in [0.1, 0.15) is 22.1 Å². The van der Waals surface area contributed by atoms with Crippen molar-refractivity contribution in [1.29, 1.82) is 0 Å². The van der Waals surface area contributed by atoms with E-state index in [1.165, 1.54) is 0 Å². The number of amides is 1. The number of rotatable bonds is 1. The molecule has 3 nitrogen and oxygen atoms in total. The Morgan fingerprint density at radius 3 is 2.58 bits per heavy atom. The molecule has 1 atom stereocenters. The van der Waals surface area contributed by atoms with Gasteiger partial charge in [-0.25, -0.2) is 0 Å². The molecule has 0 radical (unpaired) electrons. The maximum absolute atomic E-state index is 12.2. The molecule has 3 rings (SSSR count). The third kappa shape index (κ3) is 2.02. The van der Waals surface area contributed by atoms with Gasteiger partial charge in [-0.15, -0.1) is 0 Å². The minimum absolute atomic E-state index is 0.0329. The van der Waals surface area contributed by atoms with Gasteiger partial charge >= 0.3 is 0 Å². The van der Waals surface area contributed by atoms with E-state index in [2.05, 4.69) is 26.1 Å². The average molecular weight is 317 g/mol. The lowest BCUT2D eigenvalue weighted by Crippen LogP contribution is -2.44. The predicted octanol–water partition coefficient (Wildman–Crippen LogP) is 3.33. The zero-order valence-electron chi connectivity index (χ0n) is 10.4. The Morgan fingerprint density at radius 1 is 1.11 bits per heavy atom. The first kappa shape index (κ1) is 12.2. The van der Waals surface area contributed by atoms with Crippen LogP contribution in [0, 0.1) is 0 Å². The highest BCUT2D eigenvalue weighted by Gasteiger charge is 2.29. The fourth-order valence-corrected chi connectivity index (χ4v) is 2.90. The molecule has 4 heteroatoms. The van der Waals surface area contributed by atoms with Crippen LogP contribution in [0.4, 0.5) is 5.69 Å². The van der Waals surface area contributed by atoms with E-state index in [-0.39, 0.29) is 12.1 Å². The van der Waals surface area contributed by atoms with E-state index < -0.39 is 0 Å². The molecular formula is C15H13BrN2O. The van der Waals surface area contributed by atoms with Gasteiger partial charge in [-0.2, -0.15) is 0 Å². The first-order valence-corrected chi connectivity index (χ1v) is 6.85. The molecule has 0 fully saturated rings. The number of para-hydroxylation sites is 1. The number of halogens is 1. The van der Waals surface area contributed by atoms with Crippen molar-refractivity contribution in [2.75, 3.05) is 11.9 Å². The number of anilines is 1. The molecule has 0 aliphatic carbocycles. The standard InChI is InChI=1S/C15H13BrN2O/c1-18-13-9-5-3-7-11(13)15(19)17-14(18)10-6-2-4-8-12(10)16/h2-9,14H,1H3,(H,17,19). The minimum Gasteiger partial charge on any atom is -0.350 e. The van der Waals surface area contributed by atoms with Gasteiger partial charge in [-0.3, -0.25) is 4.79 Å². The summed E-state index contributed by atoms with van der Waals surface area (Å²) in [6.45, 7) is 0. The summed E-state index contributed by atoms with van der Waals surface area (Å²) in [6.07, 6.45) is -0.155. The second kappa shape index (κ2) is 4.70. The van der Waals surface area contributed by atoms with Crippen molar-refractivity contribution in [3.8, 4) is 0 Å². The van der Waals surface area contributed by atoms with Gasteiger partial charge in [0.25, 0.3) is 5.91 Å². The fourth-order valence-electron chi connectivity index (χ4n) is 2.39. The van der Waals surface area contributed by atoms with Crippen LogP contribution in [0.25, 0.3) is 0 Å². The Hall–Kier alpha value is -1.81. The first-order chi connectivity index (χ1) is 9.18. The predicted molar refractivity (Wildman–Crippen MR) is 79.2 cm³/mol. The smallest absolute Gasteiger partial charge is 0.255 e. The van der Waals surface area contributed by atoms with Crippen LogP contribution in [0.15, 0.2) is 53.0 Å². The van der Waals surface area contributed by atoms with Crippen LogP contribution in [0.5, 0.6) is 0 Å². The summed E-state index contributed by atoms with van der Waals surface area (Å²) in [4.78, 5) is 14.3. The number of hydrogen-bond acceptors (Lipinski definition) is 2. The highest BCUT2D eigenvalue weighted by Crippen LogP contribution is 2.34. The molecule has 19 heavy (non-hydrogen) atoms. The van der Waals surface area contributed by atoms with Crippen molar-refractivity contribution in [2.45, 2.75) is 6.17 Å². The van der Waals surface area contributed by atoms with E-state index in [1.54, 1.807) is 0 Å². The Kier molecular flexibility index (Phi) is 3.03. The molecule has 2 aromatic rings. The number of nitrogens with zero attached hydrogens (tertiary/aromatic N) is 1. The molecule has 0 aromatic heterocycles. The number of hydrogen-bond donors (Lipinski definition) is 1. The highest BCUT2D eigenvalue weighted by molar-refractivity contribution is 9.10. The Balaban J connectivity index is 2.08. The number of fused-ring (bicyclic) bond motifs is 1. The van der Waals surface area contributed by atoms with E-state index in [9.17, 15) is 4.79 Å². The molecule has 1 aliphatic heterocycles. The molecular weight excluding hydrogens is 304 g/mol. The third-order valence-corrected chi connectivity index (χ3v) is 4.11. The quantitative estimate of drug-likeness (QED) is 0.875. The lowest BCUT2D eigenvalue weighted by atomic mass is 10.0. The molecule has 1 heterocycles. The molecule has 1 aliphatic rings. The van der Waals surface area contributed by atoms with E-state index in [0.717, 1.165) is 15.7 Å². The first-order valence-electron chi connectivity index (χ1n) is 6.05. The topological polar surface area (TPSA) is 32.3 Å². The fraction of sp³-hybridized carbons (Fsp3) is 0.133. The SMILES string of the molecule is CN1c2ccccc2C(=O)NC1c1ccccc1Br. The van der Waals surface area contributed by atoms with Gasteiger partial charge in [-0.1, -0.05) is 46.3 Å². The van der Waals surface area contributed by atoms with Crippen molar-refractivity contribution in [2.24, 2.45) is 0 Å². The van der Waals surface area contributed by atoms with Crippen molar-refractivity contribution in [3.63, 3.8) is 0 Å². The van der Waals surface area contributed by atoms with Gasteiger partial charge in [0, 0.05) is 17.1 Å². The van der Waals surface area contributed by atoms with E-state index in [1.807, 2.05) is 55.6 Å². The number of carbonyl (C=O) groups excluding carboxylic acids is 1. The van der Waals surface area contributed by atoms with Crippen molar-refractivity contribution in [3.05, 3.63) is 64.1 Å². The zero-order valence-corrected chi connectivity index (χ0v) is 12.0. The molecule has 1 N–H and O–H groups in total. The van der Waals surface area contributed by atoms with Crippen LogP contribution < -0.4 is 10.2 Å². The van der Waals surface area contributed by atoms with Crippen LogP contribution in [-0.4, -0.2) is 13.0 Å². The Morgan fingerprint density at radius 2 is 1.79 bits per heavy atom. The van der Waals surface area contributed by atoms with Crippen LogP contribution in [0.2, 0.25) is 0 Å². The maximum atomic E-state index is 12.2. The summed E-state index contributed by atoms with van der Waals surface area (Å²) < 4.78 is 0.992. The molecule has 0 saturated carbocycles. The maximum Gasteiger partial charge on any atom is 0.255 e. The van der Waals surface area contributed by atoms with Gasteiger partial charge in [0.2, 0.25) is 0 Å². The molecule has 96 valence electrons. The van der Waals surface area contributed by atoms with Gasteiger partial charge in [0.05, 0.1) is 11.3 Å². The summed E-state index contributed by atoms with van der Waals surface area (Å²) in [7, 11) is 1.99. The number of benzene rings is 2. The third-order valence-electron chi connectivity index (χ3n) is 3.38. The summed E-state index contributed by atoms with van der Waals surface area (Å²) in [6, 6.07) is 15.6. The molecule has 1 unspecified atom stereocenters. The summed E-state index contributed by atoms with van der Waals surface area (Å²) in [5.41, 5.74) is 2.72. The number of carbonyl (C=O) groups is 1. The average Bonchev–Trinajstić information content (AvgIpc) is 2.44. The van der Waals surface area contributed by atoms with Crippen LogP contribution >= 0.6 is 15.9 Å². The van der Waals surface area contributed by atoms with Crippen molar-refractivity contribution in [1.82, 2.24) is 5.32 Å². The second-order valence-corrected chi connectivity index (χ2v) is 5.38. The van der Waals surface area contributed by atoms with Crippen molar-refractivity contribution < 1.29 is 4.79 Å². The monoisotopic (exact) mass is 316 g/mol. The molecule has 0 saturated heterocycles. The Labute approximate surface area is 120 Å². The van der Waals surface area contributed by atoms with Crippen LogP contribution in [-0.2, 0) is 0 Å². The van der Waals surface area contributed by atoms with Crippen molar-refractivity contribution >= 4 is 27.5 Å².